The first-order valence-electron chi connectivity index (χ1n) is 4.53. The van der Waals surface area contributed by atoms with Crippen LogP contribution in [-0.4, -0.2) is 27.1 Å². The zero-order chi connectivity index (χ0) is 9.97. The van der Waals surface area contributed by atoms with E-state index in [2.05, 4.69) is 15.3 Å². The minimum Gasteiger partial charge on any atom is -0.480 e. The summed E-state index contributed by atoms with van der Waals surface area (Å²) >= 11 is 0. The molecule has 0 spiro atoms. The van der Waals surface area contributed by atoms with Crippen LogP contribution in [0.3, 0.4) is 0 Å². The average molecular weight is 193 g/mol. The first-order valence-corrected chi connectivity index (χ1v) is 4.53. The highest BCUT2D eigenvalue weighted by Gasteiger charge is 2.36. The predicted molar refractivity (Wildman–Crippen MR) is 49.8 cm³/mol. The van der Waals surface area contributed by atoms with Crippen molar-refractivity contribution in [1.82, 2.24) is 9.97 Å². The summed E-state index contributed by atoms with van der Waals surface area (Å²) in [6.07, 6.45) is 6.57. The van der Waals surface area contributed by atoms with E-state index in [1.807, 2.05) is 0 Å². The summed E-state index contributed by atoms with van der Waals surface area (Å²) in [5.41, 5.74) is 0. The van der Waals surface area contributed by atoms with Crippen molar-refractivity contribution < 1.29 is 9.90 Å². The Hall–Kier alpha value is -1.65. The molecule has 14 heavy (non-hydrogen) atoms. The van der Waals surface area contributed by atoms with E-state index in [1.165, 1.54) is 12.4 Å². The zero-order valence-electron chi connectivity index (χ0n) is 7.55. The van der Waals surface area contributed by atoms with Gasteiger partial charge in [0.25, 0.3) is 0 Å². The molecule has 1 aromatic rings. The van der Waals surface area contributed by atoms with E-state index in [-0.39, 0.29) is 5.92 Å². The fraction of sp³-hybridized carbons (Fsp3) is 0.444. The van der Waals surface area contributed by atoms with E-state index in [9.17, 15) is 4.79 Å². The molecule has 0 bridgehead atoms. The first-order chi connectivity index (χ1) is 6.77. The largest absolute Gasteiger partial charge is 0.480 e. The van der Waals surface area contributed by atoms with Crippen molar-refractivity contribution in [3.05, 3.63) is 18.6 Å². The molecular formula is C9H11N3O2. The van der Waals surface area contributed by atoms with Crippen molar-refractivity contribution in [2.75, 3.05) is 5.32 Å². The number of carboxylic acid groups (broad SMARTS) is 1. The highest BCUT2D eigenvalue weighted by atomic mass is 16.4. The van der Waals surface area contributed by atoms with Gasteiger partial charge in [-0.05, 0) is 18.8 Å². The lowest BCUT2D eigenvalue weighted by atomic mass is 10.2. The first kappa shape index (κ1) is 8.93. The van der Waals surface area contributed by atoms with Crippen LogP contribution in [0.1, 0.15) is 12.8 Å². The smallest absolute Gasteiger partial charge is 0.326 e. The molecule has 0 aromatic carbocycles. The van der Waals surface area contributed by atoms with Crippen LogP contribution in [-0.2, 0) is 4.79 Å². The summed E-state index contributed by atoms with van der Waals surface area (Å²) in [7, 11) is 0. The molecule has 1 aromatic heterocycles. The summed E-state index contributed by atoms with van der Waals surface area (Å²) in [6.45, 7) is 0. The van der Waals surface area contributed by atoms with Crippen molar-refractivity contribution in [2.45, 2.75) is 18.9 Å². The van der Waals surface area contributed by atoms with Crippen molar-refractivity contribution in [1.29, 1.82) is 0 Å². The molecule has 0 radical (unpaired) electrons. The van der Waals surface area contributed by atoms with E-state index in [4.69, 9.17) is 5.11 Å². The SMILES string of the molecule is O=C(O)C(Nc1cnccn1)C1CC1. The predicted octanol–water partition coefficient (Wildman–Crippen LogP) is 0.752. The Bertz CT molecular complexity index is 324. The molecule has 2 N–H and O–H groups in total. The molecule has 0 aliphatic heterocycles. The Kier molecular flexibility index (Phi) is 2.30. The molecule has 1 heterocycles. The van der Waals surface area contributed by atoms with Crippen LogP contribution in [0, 0.1) is 5.92 Å². The number of anilines is 1. The van der Waals surface area contributed by atoms with Gasteiger partial charge < -0.3 is 10.4 Å². The van der Waals surface area contributed by atoms with Gasteiger partial charge in [-0.3, -0.25) is 4.98 Å². The maximum Gasteiger partial charge on any atom is 0.326 e. The third kappa shape index (κ3) is 1.99. The summed E-state index contributed by atoms with van der Waals surface area (Å²) in [6, 6.07) is -0.522. The molecule has 1 aliphatic rings. The Labute approximate surface area is 81.2 Å². The number of aliphatic carboxylic acids is 1. The molecule has 1 unspecified atom stereocenters. The topological polar surface area (TPSA) is 75.1 Å². The molecule has 1 fully saturated rings. The number of hydrogen-bond donors (Lipinski definition) is 2. The normalized spacial score (nSPS) is 17.4. The highest BCUT2D eigenvalue weighted by molar-refractivity contribution is 5.77. The Morgan fingerprint density at radius 2 is 2.36 bits per heavy atom. The monoisotopic (exact) mass is 193 g/mol. The lowest BCUT2D eigenvalue weighted by Gasteiger charge is -2.13. The number of nitrogens with zero attached hydrogens (tertiary/aromatic N) is 2. The average Bonchev–Trinajstić information content (AvgIpc) is 2.99. The number of aromatic nitrogens is 2. The van der Waals surface area contributed by atoms with Crippen molar-refractivity contribution >= 4 is 11.8 Å². The second kappa shape index (κ2) is 3.61. The molecule has 5 nitrogen and oxygen atoms in total. The third-order valence-corrected chi connectivity index (χ3v) is 2.23. The van der Waals surface area contributed by atoms with Crippen LogP contribution in [0.25, 0.3) is 0 Å². The Balaban J connectivity index is 2.04. The number of carbonyl (C=O) groups is 1. The van der Waals surface area contributed by atoms with Gasteiger partial charge in [-0.25, -0.2) is 9.78 Å². The minimum absolute atomic E-state index is 0.245. The summed E-state index contributed by atoms with van der Waals surface area (Å²) in [5.74, 6) is -0.0561. The van der Waals surface area contributed by atoms with Crippen LogP contribution < -0.4 is 5.32 Å². The quantitative estimate of drug-likeness (QED) is 0.738. The summed E-state index contributed by atoms with van der Waals surface area (Å²) in [4.78, 5) is 18.7. The maximum atomic E-state index is 10.9. The second-order valence-corrected chi connectivity index (χ2v) is 3.39. The molecule has 1 saturated carbocycles. The molecule has 0 saturated heterocycles. The van der Waals surface area contributed by atoms with Crippen molar-refractivity contribution in [2.24, 2.45) is 5.92 Å². The van der Waals surface area contributed by atoms with Gasteiger partial charge in [0, 0.05) is 12.4 Å². The van der Waals surface area contributed by atoms with Crippen molar-refractivity contribution in [3.8, 4) is 0 Å². The van der Waals surface area contributed by atoms with Gasteiger partial charge in [0.15, 0.2) is 0 Å². The lowest BCUT2D eigenvalue weighted by Crippen LogP contribution is -2.31. The van der Waals surface area contributed by atoms with Gasteiger partial charge in [0.1, 0.15) is 11.9 Å². The fourth-order valence-corrected chi connectivity index (χ4v) is 1.34. The number of rotatable bonds is 4. The van der Waals surface area contributed by atoms with Crippen LogP contribution in [0.5, 0.6) is 0 Å². The van der Waals surface area contributed by atoms with Crippen LogP contribution in [0.4, 0.5) is 5.82 Å². The third-order valence-electron chi connectivity index (χ3n) is 2.23. The summed E-state index contributed by atoms with van der Waals surface area (Å²) in [5, 5.41) is 11.8. The van der Waals surface area contributed by atoms with Crippen LogP contribution >= 0.6 is 0 Å². The van der Waals surface area contributed by atoms with Crippen LogP contribution in [0.2, 0.25) is 0 Å². The molecule has 74 valence electrons. The second-order valence-electron chi connectivity index (χ2n) is 3.39. The fourth-order valence-electron chi connectivity index (χ4n) is 1.34. The van der Waals surface area contributed by atoms with E-state index >= 15 is 0 Å². The van der Waals surface area contributed by atoms with Gasteiger partial charge in [0.2, 0.25) is 0 Å². The molecule has 2 rings (SSSR count). The highest BCUT2D eigenvalue weighted by Crippen LogP contribution is 2.34. The van der Waals surface area contributed by atoms with E-state index in [0.29, 0.717) is 5.82 Å². The van der Waals surface area contributed by atoms with Gasteiger partial charge in [-0.2, -0.15) is 0 Å². The van der Waals surface area contributed by atoms with Gasteiger partial charge in [0.05, 0.1) is 6.20 Å². The summed E-state index contributed by atoms with van der Waals surface area (Å²) < 4.78 is 0. The molecule has 1 atom stereocenters. The molecule has 1 aliphatic carbocycles. The lowest BCUT2D eigenvalue weighted by molar-refractivity contribution is -0.138. The number of hydrogen-bond acceptors (Lipinski definition) is 4. The molecule has 5 heteroatoms. The van der Waals surface area contributed by atoms with E-state index in [0.717, 1.165) is 12.8 Å². The number of carboxylic acids is 1. The van der Waals surface area contributed by atoms with Crippen molar-refractivity contribution in [3.63, 3.8) is 0 Å². The minimum atomic E-state index is -0.821. The number of nitrogens with one attached hydrogen (secondary N) is 1. The van der Waals surface area contributed by atoms with E-state index < -0.39 is 12.0 Å². The van der Waals surface area contributed by atoms with E-state index in [1.54, 1.807) is 6.20 Å². The molecular weight excluding hydrogens is 182 g/mol. The Morgan fingerprint density at radius 3 is 2.86 bits per heavy atom. The van der Waals surface area contributed by atoms with Gasteiger partial charge in [-0.15, -0.1) is 0 Å². The van der Waals surface area contributed by atoms with Crippen LogP contribution in [0.15, 0.2) is 18.6 Å². The molecule has 0 amide bonds. The maximum absolute atomic E-state index is 10.9. The Morgan fingerprint density at radius 1 is 1.57 bits per heavy atom. The standard InChI is InChI=1S/C9H11N3O2/c13-9(14)8(6-1-2-6)12-7-5-10-3-4-11-7/h3-6,8H,1-2H2,(H,11,12)(H,13,14). The zero-order valence-corrected chi connectivity index (χ0v) is 7.55. The van der Waals surface area contributed by atoms with Gasteiger partial charge in [-0.1, -0.05) is 0 Å². The van der Waals surface area contributed by atoms with Gasteiger partial charge >= 0.3 is 5.97 Å².